The molecule has 0 saturated carbocycles. The zero-order chi connectivity index (χ0) is 16.2. The lowest BCUT2D eigenvalue weighted by atomic mass is 10.2. The van der Waals surface area contributed by atoms with Crippen molar-refractivity contribution in [3.63, 3.8) is 0 Å². The monoisotopic (exact) mass is 315 g/mol. The molecule has 1 aromatic rings. The summed E-state index contributed by atoms with van der Waals surface area (Å²) in [6.07, 6.45) is 0. The highest BCUT2D eigenvalue weighted by molar-refractivity contribution is 7.86. The number of rotatable bonds is 6. The highest BCUT2D eigenvalue weighted by Gasteiger charge is 2.27. The van der Waals surface area contributed by atoms with E-state index < -0.39 is 27.8 Å². The van der Waals surface area contributed by atoms with Gasteiger partial charge in [0.15, 0.2) is 0 Å². The van der Waals surface area contributed by atoms with Gasteiger partial charge in [-0.1, -0.05) is 0 Å². The van der Waals surface area contributed by atoms with E-state index in [1.54, 1.807) is 13.8 Å². The van der Waals surface area contributed by atoms with Crippen LogP contribution in [0.5, 0.6) is 0 Å². The molecular formula is C14H18FNO4S. The molecule has 2 atom stereocenters. The van der Waals surface area contributed by atoms with Crippen LogP contribution in [0.25, 0.3) is 0 Å². The molecule has 7 heteroatoms. The van der Waals surface area contributed by atoms with E-state index in [4.69, 9.17) is 5.11 Å². The van der Waals surface area contributed by atoms with Gasteiger partial charge in [0.2, 0.25) is 5.91 Å². The third-order valence-corrected chi connectivity index (χ3v) is 4.73. The maximum absolute atomic E-state index is 13.8. The van der Waals surface area contributed by atoms with Crippen molar-refractivity contribution < 1.29 is 23.3 Å². The van der Waals surface area contributed by atoms with E-state index in [2.05, 4.69) is 0 Å². The summed E-state index contributed by atoms with van der Waals surface area (Å²) < 4.78 is 26.1. The maximum atomic E-state index is 13.8. The smallest absolute Gasteiger partial charge is 0.335 e. The Morgan fingerprint density at radius 3 is 2.38 bits per heavy atom. The minimum absolute atomic E-state index is 0.165. The predicted octanol–water partition coefficient (Wildman–Crippen LogP) is 1.89. The standard InChI is InChI=1S/C14H18FNO4S/c1-4-16(5-2)13(17)9(3)21(20)12-8-10(14(18)19)6-7-11(12)15/h6-9H,4-5H2,1-3H3,(H,18,19). The van der Waals surface area contributed by atoms with Crippen LogP contribution >= 0.6 is 0 Å². The van der Waals surface area contributed by atoms with Gasteiger partial charge in [0.25, 0.3) is 0 Å². The van der Waals surface area contributed by atoms with Crippen LogP contribution < -0.4 is 0 Å². The summed E-state index contributed by atoms with van der Waals surface area (Å²) in [4.78, 5) is 24.3. The van der Waals surface area contributed by atoms with Crippen LogP contribution in [-0.4, -0.2) is 44.4 Å². The van der Waals surface area contributed by atoms with Crippen LogP contribution in [0.1, 0.15) is 31.1 Å². The molecule has 0 spiro atoms. The van der Waals surface area contributed by atoms with Gasteiger partial charge in [-0.15, -0.1) is 0 Å². The number of hydrogen-bond acceptors (Lipinski definition) is 3. The Balaban J connectivity index is 3.10. The third kappa shape index (κ3) is 3.87. The zero-order valence-electron chi connectivity index (χ0n) is 12.1. The summed E-state index contributed by atoms with van der Waals surface area (Å²) >= 11 is 0. The molecule has 1 rings (SSSR count). The first-order chi connectivity index (χ1) is 9.83. The molecule has 1 aromatic carbocycles. The Bertz CT molecular complexity index is 572. The van der Waals surface area contributed by atoms with Gasteiger partial charge in [0, 0.05) is 13.1 Å². The van der Waals surface area contributed by atoms with E-state index in [0.717, 1.165) is 18.2 Å². The second-order valence-electron chi connectivity index (χ2n) is 4.40. The number of nitrogens with zero attached hydrogens (tertiary/aromatic N) is 1. The molecule has 0 aromatic heterocycles. The van der Waals surface area contributed by atoms with Crippen molar-refractivity contribution in [2.75, 3.05) is 13.1 Å². The molecular weight excluding hydrogens is 297 g/mol. The lowest BCUT2D eigenvalue weighted by Crippen LogP contribution is -2.39. The molecule has 0 aliphatic rings. The van der Waals surface area contributed by atoms with Crippen LogP contribution in [0.2, 0.25) is 0 Å². The first kappa shape index (κ1) is 17.3. The van der Waals surface area contributed by atoms with Crippen molar-refractivity contribution >= 4 is 22.7 Å². The van der Waals surface area contributed by atoms with Crippen LogP contribution in [0.3, 0.4) is 0 Å². The van der Waals surface area contributed by atoms with Crippen molar-refractivity contribution in [3.8, 4) is 0 Å². The molecule has 0 saturated heterocycles. The van der Waals surface area contributed by atoms with Crippen molar-refractivity contribution in [2.45, 2.75) is 30.9 Å². The quantitative estimate of drug-likeness (QED) is 0.870. The summed E-state index contributed by atoms with van der Waals surface area (Å²) in [5.41, 5.74) is -0.165. The van der Waals surface area contributed by atoms with Crippen LogP contribution in [-0.2, 0) is 15.6 Å². The first-order valence-electron chi connectivity index (χ1n) is 6.55. The molecule has 0 fully saturated rings. The highest BCUT2D eigenvalue weighted by atomic mass is 32.2. The molecule has 0 aliphatic carbocycles. The minimum Gasteiger partial charge on any atom is -0.478 e. The number of halogens is 1. The molecule has 5 nitrogen and oxygen atoms in total. The largest absolute Gasteiger partial charge is 0.478 e. The summed E-state index contributed by atoms with van der Waals surface area (Å²) in [5, 5.41) is 7.96. The Labute approximate surface area is 125 Å². The molecule has 21 heavy (non-hydrogen) atoms. The Morgan fingerprint density at radius 2 is 1.90 bits per heavy atom. The maximum Gasteiger partial charge on any atom is 0.335 e. The first-order valence-corrected chi connectivity index (χ1v) is 7.76. The van der Waals surface area contributed by atoms with Gasteiger partial charge in [0.05, 0.1) is 21.3 Å². The SMILES string of the molecule is CCN(CC)C(=O)C(C)S(=O)c1cc(C(=O)O)ccc1F. The second kappa shape index (κ2) is 7.31. The van der Waals surface area contributed by atoms with Crippen molar-refractivity contribution in [2.24, 2.45) is 0 Å². The molecule has 0 radical (unpaired) electrons. The second-order valence-corrected chi connectivity index (χ2v) is 6.14. The lowest BCUT2D eigenvalue weighted by Gasteiger charge is -2.22. The molecule has 1 N–H and O–H groups in total. The molecule has 0 heterocycles. The van der Waals surface area contributed by atoms with Crippen molar-refractivity contribution in [1.82, 2.24) is 4.90 Å². The fourth-order valence-corrected chi connectivity index (χ4v) is 3.08. The number of carbonyl (C=O) groups excluding carboxylic acids is 1. The van der Waals surface area contributed by atoms with Gasteiger partial charge >= 0.3 is 5.97 Å². The molecule has 0 bridgehead atoms. The molecule has 116 valence electrons. The highest BCUT2D eigenvalue weighted by Crippen LogP contribution is 2.19. The fourth-order valence-electron chi connectivity index (χ4n) is 1.86. The summed E-state index contributed by atoms with van der Waals surface area (Å²) in [7, 11) is -1.95. The third-order valence-electron chi connectivity index (χ3n) is 3.14. The Morgan fingerprint density at radius 1 is 1.33 bits per heavy atom. The average Bonchev–Trinajstić information content (AvgIpc) is 2.47. The fraction of sp³-hybridized carbons (Fsp3) is 0.429. The number of amides is 1. The Kier molecular flexibility index (Phi) is 6.02. The number of carbonyl (C=O) groups is 2. The number of carboxylic acids is 1. The zero-order valence-corrected chi connectivity index (χ0v) is 12.9. The van der Waals surface area contributed by atoms with Gasteiger partial charge < -0.3 is 10.0 Å². The average molecular weight is 315 g/mol. The van der Waals surface area contributed by atoms with Gasteiger partial charge in [0.1, 0.15) is 11.1 Å². The lowest BCUT2D eigenvalue weighted by molar-refractivity contribution is -0.129. The normalized spacial score (nSPS) is 13.5. The summed E-state index contributed by atoms with van der Waals surface area (Å²) in [6.45, 7) is 5.97. The number of aromatic carboxylic acids is 1. The number of benzene rings is 1. The summed E-state index contributed by atoms with van der Waals surface area (Å²) in [5.74, 6) is -2.37. The molecule has 2 unspecified atom stereocenters. The number of carboxylic acid groups (broad SMARTS) is 1. The molecule has 0 aliphatic heterocycles. The van der Waals surface area contributed by atoms with E-state index in [0.29, 0.717) is 13.1 Å². The van der Waals surface area contributed by atoms with Gasteiger partial charge in [-0.25, -0.2) is 9.18 Å². The molecule has 1 amide bonds. The predicted molar refractivity (Wildman–Crippen MR) is 77.2 cm³/mol. The van der Waals surface area contributed by atoms with Crippen molar-refractivity contribution in [3.05, 3.63) is 29.6 Å². The summed E-state index contributed by atoms with van der Waals surface area (Å²) in [6, 6.07) is 3.06. The number of hydrogen-bond donors (Lipinski definition) is 1. The van der Waals surface area contributed by atoms with Crippen LogP contribution in [0, 0.1) is 5.82 Å². The minimum atomic E-state index is -1.95. The van der Waals surface area contributed by atoms with Crippen LogP contribution in [0.15, 0.2) is 23.1 Å². The van der Waals surface area contributed by atoms with Gasteiger partial charge in [-0.05, 0) is 39.0 Å². The van der Waals surface area contributed by atoms with E-state index in [-0.39, 0.29) is 16.4 Å². The van der Waals surface area contributed by atoms with E-state index in [1.807, 2.05) is 0 Å². The van der Waals surface area contributed by atoms with Gasteiger partial charge in [-0.3, -0.25) is 9.00 Å². The van der Waals surface area contributed by atoms with Gasteiger partial charge in [-0.2, -0.15) is 0 Å². The van der Waals surface area contributed by atoms with Crippen LogP contribution in [0.4, 0.5) is 4.39 Å². The topological polar surface area (TPSA) is 74.7 Å². The van der Waals surface area contributed by atoms with Crippen molar-refractivity contribution in [1.29, 1.82) is 0 Å². The van der Waals surface area contributed by atoms with E-state index >= 15 is 0 Å². The Hall–Kier alpha value is -1.76. The van der Waals surface area contributed by atoms with E-state index in [1.165, 1.54) is 11.8 Å². The van der Waals surface area contributed by atoms with E-state index in [9.17, 15) is 18.2 Å².